The summed E-state index contributed by atoms with van der Waals surface area (Å²) in [5.41, 5.74) is 10.4. The number of nitrogens with one attached hydrogen (secondary N) is 2. The summed E-state index contributed by atoms with van der Waals surface area (Å²) < 4.78 is 82.8. The van der Waals surface area contributed by atoms with Crippen molar-refractivity contribution in [2.45, 2.75) is 53.1 Å². The quantitative estimate of drug-likeness (QED) is 0.0497. The first-order chi connectivity index (χ1) is 41.6. The van der Waals surface area contributed by atoms with Gasteiger partial charge in [-0.3, -0.25) is 14.3 Å². The molecule has 0 unspecified atom stereocenters. The summed E-state index contributed by atoms with van der Waals surface area (Å²) in [5.74, 6) is 4.42. The molecule has 0 aliphatic carbocycles. The van der Waals surface area contributed by atoms with Crippen molar-refractivity contribution in [1.82, 2.24) is 4.90 Å². The molecule has 10 rings (SSSR count). The van der Waals surface area contributed by atoms with Gasteiger partial charge in [-0.05, 0) is 132 Å². The predicted molar refractivity (Wildman–Crippen MR) is 346 cm³/mol. The highest BCUT2D eigenvalue weighted by molar-refractivity contribution is 7.92. The summed E-state index contributed by atoms with van der Waals surface area (Å²) in [6.45, 7) is 12.2. The normalized spacial score (nSPS) is 12.5. The maximum Gasteiger partial charge on any atom is 0.229 e. The molecule has 14 nitrogen and oxygen atoms in total. The van der Waals surface area contributed by atoms with Gasteiger partial charge in [0.25, 0.3) is 0 Å². The molecule has 1 aliphatic heterocycles. The largest absolute Gasteiger partial charge is 0.493 e. The molecule has 0 atom stereocenters. The average molecular weight is 1190 g/mol. The molecule has 0 aromatic heterocycles. The predicted octanol–water partition coefficient (Wildman–Crippen LogP) is 14.4. The lowest BCUT2D eigenvalue weighted by molar-refractivity contribution is 0.0358. The number of rotatable bonds is 26. The number of ether oxygens (including phenoxy) is 5. The van der Waals surface area contributed by atoms with Crippen molar-refractivity contribution in [1.29, 1.82) is 0 Å². The molecule has 0 amide bonds. The average Bonchev–Trinajstić information content (AvgIpc) is 3.71. The van der Waals surface area contributed by atoms with E-state index in [1.54, 1.807) is 12.1 Å². The van der Waals surface area contributed by atoms with Crippen LogP contribution in [0.5, 0.6) is 34.5 Å². The van der Waals surface area contributed by atoms with E-state index in [1.165, 1.54) is 12.5 Å². The molecule has 16 heteroatoms. The number of hydrogen-bond donors (Lipinski definition) is 2. The van der Waals surface area contributed by atoms with E-state index in [-0.39, 0.29) is 0 Å². The highest BCUT2D eigenvalue weighted by Gasteiger charge is 2.18. The Bertz CT molecular complexity index is 3800. The van der Waals surface area contributed by atoms with Crippen LogP contribution in [0.25, 0.3) is 0 Å². The summed E-state index contributed by atoms with van der Waals surface area (Å²) >= 11 is 0. The van der Waals surface area contributed by atoms with Gasteiger partial charge in [0.1, 0.15) is 41.1 Å². The van der Waals surface area contributed by atoms with Crippen molar-refractivity contribution in [3.05, 3.63) is 263 Å². The molecule has 1 heterocycles. The lowest BCUT2D eigenvalue weighted by Crippen LogP contribution is -2.37. The molecular formula is C70H75N5O9S2. The number of hydrogen-bond acceptors (Lipinski definition) is 12. The number of benzene rings is 9. The zero-order valence-corrected chi connectivity index (χ0v) is 50.8. The zero-order valence-electron chi connectivity index (χ0n) is 49.2. The summed E-state index contributed by atoms with van der Waals surface area (Å²) in [6, 6.07) is 73.4. The highest BCUT2D eigenvalue weighted by Crippen LogP contribution is 2.34. The monoisotopic (exact) mass is 1190 g/mol. The lowest BCUT2D eigenvalue weighted by atomic mass is 10.1. The van der Waals surface area contributed by atoms with Crippen LogP contribution < -0.4 is 38.2 Å². The third-order valence-electron chi connectivity index (χ3n) is 14.2. The van der Waals surface area contributed by atoms with Gasteiger partial charge in [-0.25, -0.2) is 16.8 Å². The van der Waals surface area contributed by atoms with Crippen molar-refractivity contribution >= 4 is 42.8 Å². The molecule has 0 radical (unpaired) electrons. The standard InChI is InChI=1S/C35H41N3O5S.C35H34N2O4S/c1-28-34(36-44(2,39)40)13-7-14-35(28)38(26-29-9-4-3-5-10-29)27-30-15-17-31(18-16-30)43-33-12-6-11-32(25-33)42-22-8-19-37-20-23-41-24-21-37;1-27-34(36-42(2,38)39)17-10-18-35(27)37(24-28-11-5-3-6-12-28)25-29-19-21-31(22-20-29)41-33-16-9-15-32(23-33)40-26-30-13-7-4-8-14-30/h3-7,9-18,25,36H,8,19-24,26-27H2,1-2H3;3-23,36H,24-26H2,1-2H3. The first-order valence-electron chi connectivity index (χ1n) is 28.7. The van der Waals surface area contributed by atoms with E-state index in [9.17, 15) is 16.8 Å². The molecule has 86 heavy (non-hydrogen) atoms. The Balaban J connectivity index is 0.000000206. The van der Waals surface area contributed by atoms with Crippen LogP contribution in [0.15, 0.2) is 224 Å². The Kier molecular flexibility index (Phi) is 21.8. The molecule has 1 saturated heterocycles. The third-order valence-corrected chi connectivity index (χ3v) is 15.4. The Morgan fingerprint density at radius 2 is 0.814 bits per heavy atom. The third kappa shape index (κ3) is 19.6. The lowest BCUT2D eigenvalue weighted by Gasteiger charge is -2.28. The van der Waals surface area contributed by atoms with Crippen molar-refractivity contribution in [2.24, 2.45) is 0 Å². The van der Waals surface area contributed by atoms with Crippen LogP contribution in [-0.2, 0) is 57.6 Å². The van der Waals surface area contributed by atoms with Gasteiger partial charge >= 0.3 is 0 Å². The van der Waals surface area contributed by atoms with Gasteiger partial charge in [0.15, 0.2) is 0 Å². The summed E-state index contributed by atoms with van der Waals surface area (Å²) in [7, 11) is -6.80. The molecule has 1 aliphatic rings. The Morgan fingerprint density at radius 3 is 1.24 bits per heavy atom. The molecule has 1 fully saturated rings. The van der Waals surface area contributed by atoms with E-state index < -0.39 is 20.0 Å². The van der Waals surface area contributed by atoms with E-state index in [0.717, 1.165) is 118 Å². The van der Waals surface area contributed by atoms with Gasteiger partial charge in [0.2, 0.25) is 20.0 Å². The second-order valence-electron chi connectivity index (χ2n) is 21.2. The molecular weight excluding hydrogens is 1120 g/mol. The van der Waals surface area contributed by atoms with Gasteiger partial charge in [-0.1, -0.05) is 140 Å². The molecule has 0 spiro atoms. The molecule has 0 saturated carbocycles. The Hall–Kier alpha value is -8.80. The van der Waals surface area contributed by atoms with Gasteiger partial charge in [-0.2, -0.15) is 0 Å². The minimum Gasteiger partial charge on any atom is -0.493 e. The maximum absolute atomic E-state index is 12.0. The summed E-state index contributed by atoms with van der Waals surface area (Å²) in [6.07, 6.45) is 3.30. The van der Waals surface area contributed by atoms with E-state index in [2.05, 4.69) is 72.7 Å². The van der Waals surface area contributed by atoms with Crippen molar-refractivity contribution in [3.8, 4) is 34.5 Å². The molecule has 9 aromatic carbocycles. The smallest absolute Gasteiger partial charge is 0.229 e. The van der Waals surface area contributed by atoms with E-state index in [0.29, 0.717) is 56.5 Å². The van der Waals surface area contributed by atoms with Gasteiger partial charge in [-0.15, -0.1) is 0 Å². The number of morpholine rings is 1. The van der Waals surface area contributed by atoms with Crippen molar-refractivity contribution in [3.63, 3.8) is 0 Å². The topological polar surface area (TPSA) is 148 Å². The van der Waals surface area contributed by atoms with Gasteiger partial charge in [0.05, 0.1) is 43.7 Å². The van der Waals surface area contributed by atoms with Crippen LogP contribution in [0.2, 0.25) is 0 Å². The number of nitrogens with zero attached hydrogens (tertiary/aromatic N) is 3. The number of sulfonamides is 2. The fraction of sp³-hybridized carbons (Fsp3) is 0.229. The van der Waals surface area contributed by atoms with E-state index in [1.807, 2.05) is 178 Å². The second-order valence-corrected chi connectivity index (χ2v) is 24.7. The minimum absolute atomic E-state index is 0.491. The maximum atomic E-state index is 12.0. The van der Waals surface area contributed by atoms with Crippen LogP contribution in [0, 0.1) is 13.8 Å². The second kappa shape index (κ2) is 30.3. The first kappa shape index (κ1) is 61.8. The highest BCUT2D eigenvalue weighted by atomic mass is 32.2. The molecule has 2 N–H and O–H groups in total. The van der Waals surface area contributed by atoms with Gasteiger partial charge < -0.3 is 33.5 Å². The van der Waals surface area contributed by atoms with Crippen LogP contribution in [0.3, 0.4) is 0 Å². The SMILES string of the molecule is Cc1c(NS(C)(=O)=O)cccc1N(Cc1ccccc1)Cc1ccc(Oc2cccc(OCCCN3CCOCC3)c2)cc1.Cc1c(NS(C)(=O)=O)cccc1N(Cc1ccccc1)Cc1ccc(Oc2cccc(OCc3ccccc3)c2)cc1. The van der Waals surface area contributed by atoms with Crippen LogP contribution in [0.1, 0.15) is 45.4 Å². The fourth-order valence-corrected chi connectivity index (χ4v) is 11.2. The fourth-order valence-electron chi connectivity index (χ4n) is 9.95. The van der Waals surface area contributed by atoms with E-state index >= 15 is 0 Å². The van der Waals surface area contributed by atoms with E-state index in [4.69, 9.17) is 23.7 Å². The number of anilines is 4. The minimum atomic E-state index is -3.40. The van der Waals surface area contributed by atoms with Crippen molar-refractivity contribution in [2.75, 3.05) is 71.2 Å². The Labute approximate surface area is 507 Å². The van der Waals surface area contributed by atoms with Crippen LogP contribution >= 0.6 is 0 Å². The molecule has 0 bridgehead atoms. The van der Waals surface area contributed by atoms with Crippen molar-refractivity contribution < 1.29 is 40.5 Å². The van der Waals surface area contributed by atoms with Crippen LogP contribution in [0.4, 0.5) is 22.7 Å². The summed E-state index contributed by atoms with van der Waals surface area (Å²) in [5, 5.41) is 0. The zero-order chi connectivity index (χ0) is 60.1. The molecule has 9 aromatic rings. The van der Waals surface area contributed by atoms with Gasteiger partial charge in [0, 0.05) is 69.3 Å². The summed E-state index contributed by atoms with van der Waals surface area (Å²) in [4.78, 5) is 6.92. The first-order valence-corrected chi connectivity index (χ1v) is 32.5. The van der Waals surface area contributed by atoms with Crippen LogP contribution in [-0.4, -0.2) is 73.7 Å². The Morgan fingerprint density at radius 1 is 0.430 bits per heavy atom. The molecule has 446 valence electrons.